The van der Waals surface area contributed by atoms with Crippen molar-refractivity contribution in [3.63, 3.8) is 0 Å². The van der Waals surface area contributed by atoms with Crippen LogP contribution >= 0.6 is 0 Å². The summed E-state index contributed by atoms with van der Waals surface area (Å²) in [5.74, 6) is 1.39. The quantitative estimate of drug-likeness (QED) is 0.707. The Labute approximate surface area is 112 Å². The first kappa shape index (κ1) is 15.5. The Hall–Kier alpha value is -0.570. The van der Waals surface area contributed by atoms with Gasteiger partial charge in [0.05, 0.1) is 13.0 Å². The van der Waals surface area contributed by atoms with Crippen molar-refractivity contribution in [2.45, 2.75) is 58.4 Å². The Kier molecular flexibility index (Phi) is 5.64. The largest absolute Gasteiger partial charge is 0.466 e. The molecule has 0 heterocycles. The second-order valence-electron chi connectivity index (χ2n) is 6.20. The van der Waals surface area contributed by atoms with Crippen molar-refractivity contribution in [3.05, 3.63) is 0 Å². The molecular formula is C15H29NO2. The number of hydrogen-bond acceptors (Lipinski definition) is 3. The van der Waals surface area contributed by atoms with Gasteiger partial charge in [-0.25, -0.2) is 0 Å². The normalized spacial score (nSPS) is 28.7. The predicted octanol–water partition coefficient (Wildman–Crippen LogP) is 3.09. The summed E-state index contributed by atoms with van der Waals surface area (Å²) in [5, 5.41) is 0. The van der Waals surface area contributed by atoms with Gasteiger partial charge in [0.15, 0.2) is 0 Å². The van der Waals surface area contributed by atoms with Gasteiger partial charge in [0.25, 0.3) is 0 Å². The fraction of sp³-hybridized carbons (Fsp3) is 0.933. The molecule has 1 aliphatic rings. The molecule has 0 bridgehead atoms. The highest BCUT2D eigenvalue weighted by Crippen LogP contribution is 2.41. The van der Waals surface area contributed by atoms with Gasteiger partial charge in [-0.15, -0.1) is 0 Å². The highest BCUT2D eigenvalue weighted by atomic mass is 16.5. The standard InChI is InChI=1S/C15H29NO2/c1-6-18-14(17)11-15(16(4)5)9-7-8-13(10-15)12(2)3/h12-13H,6-11H2,1-5H3. The maximum Gasteiger partial charge on any atom is 0.307 e. The zero-order chi connectivity index (χ0) is 13.8. The Morgan fingerprint density at radius 3 is 2.61 bits per heavy atom. The molecule has 18 heavy (non-hydrogen) atoms. The Balaban J connectivity index is 2.76. The number of nitrogens with zero attached hydrogens (tertiary/aromatic N) is 1. The van der Waals surface area contributed by atoms with Crippen molar-refractivity contribution in [2.75, 3.05) is 20.7 Å². The molecule has 0 radical (unpaired) electrons. The van der Waals surface area contributed by atoms with Gasteiger partial charge in [-0.2, -0.15) is 0 Å². The zero-order valence-electron chi connectivity index (χ0n) is 12.7. The average Bonchev–Trinajstić information content (AvgIpc) is 2.29. The van der Waals surface area contributed by atoms with Crippen LogP contribution in [-0.2, 0) is 9.53 Å². The lowest BCUT2D eigenvalue weighted by molar-refractivity contribution is -0.147. The van der Waals surface area contributed by atoms with E-state index in [-0.39, 0.29) is 11.5 Å². The van der Waals surface area contributed by atoms with Crippen LogP contribution in [0.2, 0.25) is 0 Å². The maximum atomic E-state index is 11.8. The van der Waals surface area contributed by atoms with E-state index in [0.29, 0.717) is 18.9 Å². The summed E-state index contributed by atoms with van der Waals surface area (Å²) >= 11 is 0. The van der Waals surface area contributed by atoms with Gasteiger partial charge in [0.2, 0.25) is 0 Å². The minimum Gasteiger partial charge on any atom is -0.466 e. The van der Waals surface area contributed by atoms with E-state index in [1.54, 1.807) is 0 Å². The second-order valence-corrected chi connectivity index (χ2v) is 6.20. The Bertz CT molecular complexity index is 276. The van der Waals surface area contributed by atoms with Gasteiger partial charge in [0.1, 0.15) is 0 Å². The van der Waals surface area contributed by atoms with Crippen LogP contribution in [0.5, 0.6) is 0 Å². The highest BCUT2D eigenvalue weighted by molar-refractivity contribution is 5.71. The minimum absolute atomic E-state index is 0.0133. The first-order valence-electron chi connectivity index (χ1n) is 7.24. The molecule has 1 saturated carbocycles. The summed E-state index contributed by atoms with van der Waals surface area (Å²) in [5.41, 5.74) is 0.0133. The lowest BCUT2D eigenvalue weighted by Crippen LogP contribution is -2.50. The summed E-state index contributed by atoms with van der Waals surface area (Å²) in [6.07, 6.45) is 5.30. The number of carbonyl (C=O) groups excluding carboxylic acids is 1. The average molecular weight is 255 g/mol. The van der Waals surface area contributed by atoms with E-state index in [0.717, 1.165) is 18.8 Å². The van der Waals surface area contributed by atoms with Gasteiger partial charge in [0, 0.05) is 5.54 Å². The number of rotatable bonds is 5. The van der Waals surface area contributed by atoms with Gasteiger partial charge < -0.3 is 9.64 Å². The van der Waals surface area contributed by atoms with Crippen molar-refractivity contribution in [1.29, 1.82) is 0 Å². The van der Waals surface area contributed by atoms with Crippen LogP contribution in [0, 0.1) is 11.8 Å². The Morgan fingerprint density at radius 1 is 1.44 bits per heavy atom. The van der Waals surface area contributed by atoms with E-state index in [9.17, 15) is 4.79 Å². The molecule has 1 rings (SSSR count). The summed E-state index contributed by atoms with van der Waals surface area (Å²) in [4.78, 5) is 14.1. The van der Waals surface area contributed by atoms with Crippen LogP contribution in [0.25, 0.3) is 0 Å². The van der Waals surface area contributed by atoms with Crippen molar-refractivity contribution in [3.8, 4) is 0 Å². The lowest BCUT2D eigenvalue weighted by Gasteiger charge is -2.46. The molecule has 0 aromatic heterocycles. The predicted molar refractivity (Wildman–Crippen MR) is 74.5 cm³/mol. The van der Waals surface area contributed by atoms with Crippen LogP contribution in [0.3, 0.4) is 0 Å². The third kappa shape index (κ3) is 3.71. The van der Waals surface area contributed by atoms with E-state index in [2.05, 4.69) is 32.8 Å². The molecule has 1 fully saturated rings. The van der Waals surface area contributed by atoms with Gasteiger partial charge >= 0.3 is 5.97 Å². The highest BCUT2D eigenvalue weighted by Gasteiger charge is 2.41. The van der Waals surface area contributed by atoms with Crippen LogP contribution in [-0.4, -0.2) is 37.1 Å². The van der Waals surface area contributed by atoms with Crippen molar-refractivity contribution < 1.29 is 9.53 Å². The summed E-state index contributed by atoms with van der Waals surface area (Å²) in [6.45, 7) is 6.94. The molecule has 0 N–H and O–H groups in total. The molecule has 2 unspecified atom stereocenters. The molecule has 0 aromatic rings. The third-order valence-corrected chi connectivity index (χ3v) is 4.53. The maximum absolute atomic E-state index is 11.8. The molecule has 0 aromatic carbocycles. The molecule has 0 amide bonds. The molecule has 0 spiro atoms. The molecule has 3 nitrogen and oxygen atoms in total. The number of ether oxygens (including phenoxy) is 1. The van der Waals surface area contributed by atoms with Crippen LogP contribution in [0.4, 0.5) is 0 Å². The molecule has 1 aliphatic carbocycles. The van der Waals surface area contributed by atoms with Crippen LogP contribution in [0.15, 0.2) is 0 Å². The number of hydrogen-bond donors (Lipinski definition) is 0. The fourth-order valence-electron chi connectivity index (χ4n) is 3.16. The minimum atomic E-state index is -0.0457. The topological polar surface area (TPSA) is 29.5 Å². The van der Waals surface area contributed by atoms with E-state index in [1.807, 2.05) is 6.92 Å². The second kappa shape index (κ2) is 6.55. The summed E-state index contributed by atoms with van der Waals surface area (Å²) in [6, 6.07) is 0. The van der Waals surface area contributed by atoms with Crippen molar-refractivity contribution >= 4 is 5.97 Å². The molecule has 106 valence electrons. The third-order valence-electron chi connectivity index (χ3n) is 4.53. The van der Waals surface area contributed by atoms with E-state index >= 15 is 0 Å². The number of carbonyl (C=O) groups is 1. The SMILES string of the molecule is CCOC(=O)CC1(N(C)C)CCCC(C(C)C)C1. The molecule has 0 aliphatic heterocycles. The van der Waals surface area contributed by atoms with Gasteiger partial charge in [-0.05, 0) is 45.7 Å². The molecule has 2 atom stereocenters. The van der Waals surface area contributed by atoms with Crippen molar-refractivity contribution in [2.24, 2.45) is 11.8 Å². The van der Waals surface area contributed by atoms with E-state index in [4.69, 9.17) is 4.74 Å². The van der Waals surface area contributed by atoms with Gasteiger partial charge in [-0.3, -0.25) is 4.79 Å². The Morgan fingerprint density at radius 2 is 2.11 bits per heavy atom. The van der Waals surface area contributed by atoms with Crippen LogP contribution < -0.4 is 0 Å². The zero-order valence-corrected chi connectivity index (χ0v) is 12.7. The van der Waals surface area contributed by atoms with E-state index in [1.165, 1.54) is 12.8 Å². The fourth-order valence-corrected chi connectivity index (χ4v) is 3.16. The van der Waals surface area contributed by atoms with E-state index < -0.39 is 0 Å². The molecule has 3 heteroatoms. The summed E-state index contributed by atoms with van der Waals surface area (Å²) < 4.78 is 5.15. The first-order valence-corrected chi connectivity index (χ1v) is 7.24. The molecule has 0 saturated heterocycles. The lowest BCUT2D eigenvalue weighted by atomic mass is 9.70. The number of esters is 1. The molecular weight excluding hydrogens is 226 g/mol. The first-order chi connectivity index (χ1) is 8.41. The van der Waals surface area contributed by atoms with Crippen molar-refractivity contribution in [1.82, 2.24) is 4.90 Å². The van der Waals surface area contributed by atoms with Gasteiger partial charge in [-0.1, -0.05) is 26.7 Å². The smallest absolute Gasteiger partial charge is 0.307 e. The monoisotopic (exact) mass is 255 g/mol. The van der Waals surface area contributed by atoms with Crippen LogP contribution in [0.1, 0.15) is 52.9 Å². The summed E-state index contributed by atoms with van der Waals surface area (Å²) in [7, 11) is 4.20.